The third-order valence-electron chi connectivity index (χ3n) is 8.53. The highest BCUT2D eigenvalue weighted by atomic mass is 32.2. The van der Waals surface area contributed by atoms with Crippen LogP contribution in [0.15, 0.2) is 54.9 Å². The van der Waals surface area contributed by atoms with Crippen LogP contribution < -0.4 is 16.4 Å². The lowest BCUT2D eigenvalue weighted by atomic mass is 9.84. The first-order chi connectivity index (χ1) is 21.5. The topological polar surface area (TPSA) is 121 Å². The van der Waals surface area contributed by atoms with Crippen LogP contribution in [0.5, 0.6) is 0 Å². The van der Waals surface area contributed by atoms with Gasteiger partial charge in [-0.25, -0.2) is 13.2 Å². The van der Waals surface area contributed by atoms with E-state index >= 15 is 4.39 Å². The van der Waals surface area contributed by atoms with Crippen LogP contribution in [0.2, 0.25) is 0 Å². The molecule has 0 saturated carbocycles. The van der Waals surface area contributed by atoms with Crippen LogP contribution in [0.1, 0.15) is 53.9 Å². The molecule has 242 valence electrons. The van der Waals surface area contributed by atoms with Gasteiger partial charge >= 0.3 is 0 Å². The van der Waals surface area contributed by atoms with Crippen molar-refractivity contribution in [1.82, 2.24) is 18.9 Å². The number of piperazine rings is 1. The molecule has 2 aromatic carbocycles. The van der Waals surface area contributed by atoms with E-state index in [1.54, 1.807) is 17.3 Å². The summed E-state index contributed by atoms with van der Waals surface area (Å²) in [4.78, 5) is 17.5. The maximum absolute atomic E-state index is 15.1. The molecular weight excluding hydrogens is 605 g/mol. The maximum atomic E-state index is 15.1. The summed E-state index contributed by atoms with van der Waals surface area (Å²) in [5.74, 6) is -3.06. The first kappa shape index (κ1) is 33.0. The SMILES string of the molecule is Cc1cc(F)cc([C@H](c2ccc(F)cc2)[C@H](N)C(=O)Nc2cncc(F)c2CCC[C@H]2CNCCN2S(=O)(=O)N2CCCC2)c1. The summed E-state index contributed by atoms with van der Waals surface area (Å²) >= 11 is 0. The fourth-order valence-electron chi connectivity index (χ4n) is 6.29. The standard InChI is InChI=1S/C32H39F3N6O3S/c1-21-15-23(17-25(34)16-21)30(22-7-9-24(33)10-8-22)31(36)32(42)39-29-20-38-19-28(35)27(29)6-4-5-26-18-37-11-14-41(26)45(43,44)40-12-2-3-13-40/h7-10,15-17,19-20,26,30-31,37H,2-6,11-14,18,36H2,1H3,(H,39,42)/t26-,30-,31-/m0/s1. The Morgan fingerprint density at radius 1 is 1.04 bits per heavy atom. The monoisotopic (exact) mass is 644 g/mol. The molecule has 2 fully saturated rings. The molecule has 9 nitrogen and oxygen atoms in total. The lowest BCUT2D eigenvalue weighted by Gasteiger charge is -2.37. The number of pyridine rings is 1. The summed E-state index contributed by atoms with van der Waals surface area (Å²) in [6.07, 6.45) is 5.26. The number of aryl methyl sites for hydroxylation is 1. The third-order valence-corrected chi connectivity index (χ3v) is 10.6. The minimum absolute atomic E-state index is 0.145. The molecule has 1 amide bonds. The van der Waals surface area contributed by atoms with Crippen LogP contribution in [0.25, 0.3) is 0 Å². The van der Waals surface area contributed by atoms with E-state index in [4.69, 9.17) is 5.73 Å². The van der Waals surface area contributed by atoms with Crippen molar-refractivity contribution in [2.75, 3.05) is 38.0 Å². The Morgan fingerprint density at radius 3 is 2.49 bits per heavy atom. The van der Waals surface area contributed by atoms with Crippen molar-refractivity contribution < 1.29 is 26.4 Å². The quantitative estimate of drug-likeness (QED) is 0.292. The molecular formula is C32H39F3N6O3S. The van der Waals surface area contributed by atoms with Crippen molar-refractivity contribution >= 4 is 21.8 Å². The van der Waals surface area contributed by atoms with E-state index in [2.05, 4.69) is 15.6 Å². The minimum atomic E-state index is -3.58. The predicted octanol–water partition coefficient (Wildman–Crippen LogP) is 3.84. The van der Waals surface area contributed by atoms with Crippen molar-refractivity contribution in [1.29, 1.82) is 0 Å². The number of carbonyl (C=O) groups excluding carboxylic acids is 1. The highest BCUT2D eigenvalue weighted by Crippen LogP contribution is 2.31. The van der Waals surface area contributed by atoms with E-state index in [9.17, 15) is 22.0 Å². The number of hydrogen-bond donors (Lipinski definition) is 3. The second-order valence-corrected chi connectivity index (χ2v) is 13.6. The molecule has 0 unspecified atom stereocenters. The van der Waals surface area contributed by atoms with Gasteiger partial charge in [0.05, 0.1) is 24.1 Å². The third kappa shape index (κ3) is 7.72. The number of rotatable bonds is 11. The molecule has 2 aliphatic heterocycles. The number of anilines is 1. The van der Waals surface area contributed by atoms with Crippen molar-refractivity contribution in [3.05, 3.63) is 94.6 Å². The Bertz CT molecular complexity index is 1580. The fraction of sp³-hybridized carbons (Fsp3) is 0.438. The van der Waals surface area contributed by atoms with Gasteiger partial charge in [0.1, 0.15) is 17.5 Å². The first-order valence-electron chi connectivity index (χ1n) is 15.2. The Morgan fingerprint density at radius 2 is 1.78 bits per heavy atom. The second-order valence-electron chi connectivity index (χ2n) is 11.7. The van der Waals surface area contributed by atoms with E-state index in [1.807, 2.05) is 0 Å². The summed E-state index contributed by atoms with van der Waals surface area (Å²) < 4.78 is 72.9. The van der Waals surface area contributed by atoms with E-state index in [0.29, 0.717) is 62.3 Å². The van der Waals surface area contributed by atoms with Gasteiger partial charge in [-0.1, -0.05) is 18.2 Å². The maximum Gasteiger partial charge on any atom is 0.282 e. The molecule has 1 aromatic heterocycles. The molecule has 13 heteroatoms. The van der Waals surface area contributed by atoms with Crippen molar-refractivity contribution in [2.24, 2.45) is 5.73 Å². The Labute approximate surface area is 262 Å². The van der Waals surface area contributed by atoms with E-state index in [-0.39, 0.29) is 23.7 Å². The zero-order chi connectivity index (χ0) is 32.1. The molecule has 5 rings (SSSR count). The normalized spacial score (nSPS) is 19.4. The molecule has 3 aromatic rings. The molecule has 2 aliphatic rings. The molecule has 3 heterocycles. The molecule has 0 bridgehead atoms. The average Bonchev–Trinajstić information content (AvgIpc) is 3.56. The van der Waals surface area contributed by atoms with E-state index < -0.39 is 45.5 Å². The van der Waals surface area contributed by atoms with Crippen LogP contribution in [-0.4, -0.2) is 72.7 Å². The summed E-state index contributed by atoms with van der Waals surface area (Å²) in [5.41, 5.74) is 8.44. The summed E-state index contributed by atoms with van der Waals surface area (Å²) in [7, 11) is -3.58. The Balaban J connectivity index is 1.31. The molecule has 45 heavy (non-hydrogen) atoms. The number of nitrogens with two attached hydrogens (primary N) is 1. The molecule has 2 saturated heterocycles. The predicted molar refractivity (Wildman–Crippen MR) is 166 cm³/mol. The van der Waals surface area contributed by atoms with Gasteiger partial charge in [-0.05, 0) is 80.0 Å². The summed E-state index contributed by atoms with van der Waals surface area (Å²) in [5, 5.41) is 5.97. The number of aromatic nitrogens is 1. The van der Waals surface area contributed by atoms with Crippen molar-refractivity contribution in [2.45, 2.75) is 57.0 Å². The van der Waals surface area contributed by atoms with Gasteiger partial charge in [0, 0.05) is 50.2 Å². The van der Waals surface area contributed by atoms with Crippen molar-refractivity contribution in [3.63, 3.8) is 0 Å². The zero-order valence-electron chi connectivity index (χ0n) is 25.2. The van der Waals surface area contributed by atoms with E-state index in [0.717, 1.165) is 19.0 Å². The van der Waals surface area contributed by atoms with Gasteiger partial charge < -0.3 is 16.4 Å². The lowest BCUT2D eigenvalue weighted by molar-refractivity contribution is -0.117. The summed E-state index contributed by atoms with van der Waals surface area (Å²) in [6, 6.07) is 8.30. The van der Waals surface area contributed by atoms with Crippen LogP contribution >= 0.6 is 0 Å². The molecule has 0 spiro atoms. The van der Waals surface area contributed by atoms with E-state index in [1.165, 1.54) is 46.9 Å². The Kier molecular flexibility index (Phi) is 10.6. The van der Waals surface area contributed by atoms with Crippen LogP contribution in [0.4, 0.5) is 18.9 Å². The van der Waals surface area contributed by atoms with Gasteiger partial charge in [-0.3, -0.25) is 9.78 Å². The number of hydrogen-bond acceptors (Lipinski definition) is 6. The highest BCUT2D eigenvalue weighted by molar-refractivity contribution is 7.86. The highest BCUT2D eigenvalue weighted by Gasteiger charge is 2.37. The Hall–Kier alpha value is -3.36. The number of carbonyl (C=O) groups is 1. The molecule has 0 radical (unpaired) electrons. The van der Waals surface area contributed by atoms with Crippen LogP contribution in [0.3, 0.4) is 0 Å². The van der Waals surface area contributed by atoms with Gasteiger partial charge in [-0.15, -0.1) is 0 Å². The number of nitrogens with zero attached hydrogens (tertiary/aromatic N) is 3. The number of amides is 1. The van der Waals surface area contributed by atoms with Gasteiger partial charge in [-0.2, -0.15) is 17.0 Å². The second kappa shape index (κ2) is 14.4. The summed E-state index contributed by atoms with van der Waals surface area (Å²) in [6.45, 7) is 4.18. The van der Waals surface area contributed by atoms with Gasteiger partial charge in [0.2, 0.25) is 5.91 Å². The van der Waals surface area contributed by atoms with Gasteiger partial charge in [0.15, 0.2) is 0 Å². The lowest BCUT2D eigenvalue weighted by Crippen LogP contribution is -2.56. The van der Waals surface area contributed by atoms with Crippen LogP contribution in [-0.2, 0) is 21.4 Å². The number of halogens is 3. The molecule has 3 atom stereocenters. The van der Waals surface area contributed by atoms with Crippen LogP contribution in [0, 0.1) is 24.4 Å². The average molecular weight is 645 g/mol. The number of benzene rings is 2. The number of nitrogens with one attached hydrogen (secondary N) is 2. The molecule has 0 aliphatic carbocycles. The molecule has 4 N–H and O–H groups in total. The first-order valence-corrected chi connectivity index (χ1v) is 16.6. The fourth-order valence-corrected chi connectivity index (χ4v) is 8.18. The minimum Gasteiger partial charge on any atom is -0.323 e. The zero-order valence-corrected chi connectivity index (χ0v) is 26.0. The van der Waals surface area contributed by atoms with Gasteiger partial charge in [0.25, 0.3) is 10.2 Å². The largest absolute Gasteiger partial charge is 0.323 e. The van der Waals surface area contributed by atoms with Crippen molar-refractivity contribution in [3.8, 4) is 0 Å². The smallest absolute Gasteiger partial charge is 0.282 e.